The van der Waals surface area contributed by atoms with Gasteiger partial charge in [-0.25, -0.2) is 4.98 Å². The molecule has 1 aromatic carbocycles. The summed E-state index contributed by atoms with van der Waals surface area (Å²) in [5, 5.41) is 3.98. The second-order valence-electron chi connectivity index (χ2n) is 8.64. The van der Waals surface area contributed by atoms with Gasteiger partial charge in [-0.3, -0.25) is 14.4 Å². The van der Waals surface area contributed by atoms with Crippen molar-refractivity contribution in [3.05, 3.63) is 47.1 Å². The van der Waals surface area contributed by atoms with Crippen LogP contribution in [-0.2, 0) is 9.59 Å². The quantitative estimate of drug-likeness (QED) is 0.552. The van der Waals surface area contributed by atoms with Gasteiger partial charge in [-0.2, -0.15) is 0 Å². The van der Waals surface area contributed by atoms with Crippen LogP contribution < -0.4 is 5.32 Å². The third-order valence-electron chi connectivity index (χ3n) is 5.97. The van der Waals surface area contributed by atoms with Gasteiger partial charge in [0.1, 0.15) is 0 Å². The molecule has 7 nitrogen and oxygen atoms in total. The van der Waals surface area contributed by atoms with Gasteiger partial charge >= 0.3 is 0 Å². The summed E-state index contributed by atoms with van der Waals surface area (Å²) < 4.78 is 0.872. The van der Waals surface area contributed by atoms with E-state index in [9.17, 15) is 14.4 Å². The molecule has 4 rings (SSSR count). The Balaban J connectivity index is 1.49. The van der Waals surface area contributed by atoms with Crippen molar-refractivity contribution in [2.75, 3.05) is 25.0 Å². The highest BCUT2D eigenvalue weighted by Gasteiger charge is 2.30. The fourth-order valence-electron chi connectivity index (χ4n) is 3.95. The molecule has 1 saturated heterocycles. The first-order chi connectivity index (χ1) is 16.3. The Bertz CT molecular complexity index is 1130. The number of nitrogens with one attached hydrogen (secondary N) is 1. The summed E-state index contributed by atoms with van der Waals surface area (Å²) in [4.78, 5) is 46.2. The molecule has 1 aromatic heterocycles. The van der Waals surface area contributed by atoms with E-state index >= 15 is 0 Å². The van der Waals surface area contributed by atoms with E-state index in [4.69, 9.17) is 11.6 Å². The summed E-state index contributed by atoms with van der Waals surface area (Å²) in [6.07, 6.45) is 5.61. The largest absolute Gasteiger partial charge is 0.337 e. The van der Waals surface area contributed by atoms with Gasteiger partial charge in [0, 0.05) is 42.1 Å². The first-order valence-electron chi connectivity index (χ1n) is 11.2. The minimum absolute atomic E-state index is 0.0205. The number of thiazole rings is 1. The van der Waals surface area contributed by atoms with E-state index in [-0.39, 0.29) is 29.7 Å². The second-order valence-corrected chi connectivity index (χ2v) is 11.4. The third-order valence-corrected chi connectivity index (χ3v) is 8.47. The molecule has 2 aliphatic rings. The molecule has 10 heteroatoms. The summed E-state index contributed by atoms with van der Waals surface area (Å²) in [7, 11) is 0. The molecule has 1 saturated carbocycles. The van der Waals surface area contributed by atoms with Gasteiger partial charge in [-0.05, 0) is 56.9 Å². The van der Waals surface area contributed by atoms with Crippen LogP contribution in [0, 0.1) is 12.8 Å². The van der Waals surface area contributed by atoms with E-state index in [1.807, 2.05) is 30.9 Å². The zero-order valence-corrected chi connectivity index (χ0v) is 21.6. The van der Waals surface area contributed by atoms with Crippen molar-refractivity contribution >= 4 is 57.6 Å². The zero-order valence-electron chi connectivity index (χ0n) is 19.2. The van der Waals surface area contributed by atoms with Gasteiger partial charge in [0.05, 0.1) is 15.4 Å². The van der Waals surface area contributed by atoms with Crippen molar-refractivity contribution in [2.45, 2.75) is 48.3 Å². The summed E-state index contributed by atoms with van der Waals surface area (Å²) in [5.74, 6) is -0.0474. The molecule has 0 radical (unpaired) electrons. The van der Waals surface area contributed by atoms with Crippen molar-refractivity contribution in [3.63, 3.8) is 0 Å². The highest BCUT2D eigenvalue weighted by molar-refractivity contribution is 8.01. The van der Waals surface area contributed by atoms with Crippen LogP contribution in [0.4, 0.5) is 5.13 Å². The Kier molecular flexibility index (Phi) is 7.64. The molecule has 1 atom stereocenters. The molecular formula is C24H27ClN4O3S2. The van der Waals surface area contributed by atoms with Crippen LogP contribution in [0.25, 0.3) is 0 Å². The van der Waals surface area contributed by atoms with Crippen molar-refractivity contribution in [1.82, 2.24) is 14.8 Å². The maximum Gasteiger partial charge on any atom is 0.254 e. The average molecular weight is 519 g/mol. The zero-order chi connectivity index (χ0) is 24.4. The van der Waals surface area contributed by atoms with E-state index in [0.717, 1.165) is 27.5 Å². The van der Waals surface area contributed by atoms with Gasteiger partial charge in [-0.15, -0.1) is 0 Å². The minimum atomic E-state index is -0.111. The number of aryl methyl sites for hydroxylation is 1. The van der Waals surface area contributed by atoms with Gasteiger partial charge in [-0.1, -0.05) is 41.3 Å². The number of hydrogen-bond acceptors (Lipinski definition) is 6. The highest BCUT2D eigenvalue weighted by atomic mass is 35.5. The topological polar surface area (TPSA) is 82.6 Å². The number of rotatable bonds is 6. The lowest BCUT2D eigenvalue weighted by atomic mass is 10.1. The highest BCUT2D eigenvalue weighted by Crippen LogP contribution is 2.39. The Morgan fingerprint density at radius 3 is 2.76 bits per heavy atom. The summed E-state index contributed by atoms with van der Waals surface area (Å²) in [6.45, 7) is 9.04. The lowest BCUT2D eigenvalue weighted by Gasteiger charge is -2.28. The van der Waals surface area contributed by atoms with Crippen molar-refractivity contribution < 1.29 is 14.4 Å². The second kappa shape index (κ2) is 10.5. The molecule has 1 aliphatic heterocycles. The van der Waals surface area contributed by atoms with Crippen molar-refractivity contribution in [3.8, 4) is 0 Å². The Morgan fingerprint density at radius 1 is 1.29 bits per heavy atom. The standard InChI is InChI=1S/C24H27ClN4O3S2/c1-4-20(30)29-9-5-8-28(13-15(29)3)23(32)17-11-19(18(25)10-14(17)2)33-21-12-26-24(34-21)27-22(31)16-6-7-16/h4,10-12,15-16H,1,5-9,13H2,2-3H3,(H,26,27,31). The van der Waals surface area contributed by atoms with E-state index in [2.05, 4.69) is 16.9 Å². The average Bonchev–Trinajstić information content (AvgIpc) is 3.60. The van der Waals surface area contributed by atoms with Gasteiger partial charge in [0.15, 0.2) is 5.13 Å². The molecule has 2 fully saturated rings. The number of aromatic nitrogens is 1. The molecule has 0 spiro atoms. The SMILES string of the molecule is C=CC(=O)N1CCCN(C(=O)c2cc(Sc3cnc(NC(=O)C4CC4)s3)c(Cl)cc2C)CC1C. The molecule has 2 aromatic rings. The monoisotopic (exact) mass is 518 g/mol. The van der Waals surface area contributed by atoms with Gasteiger partial charge in [0.25, 0.3) is 5.91 Å². The molecular weight excluding hydrogens is 492 g/mol. The van der Waals surface area contributed by atoms with Crippen LogP contribution in [0.3, 0.4) is 0 Å². The first-order valence-corrected chi connectivity index (χ1v) is 13.2. The van der Waals surface area contributed by atoms with Gasteiger partial charge < -0.3 is 15.1 Å². The minimum Gasteiger partial charge on any atom is -0.337 e. The predicted octanol–water partition coefficient (Wildman–Crippen LogP) is 4.85. The fourth-order valence-corrected chi connectivity index (χ4v) is 6.16. The van der Waals surface area contributed by atoms with E-state index in [1.54, 1.807) is 11.1 Å². The van der Waals surface area contributed by atoms with E-state index in [0.29, 0.717) is 41.8 Å². The Hall–Kier alpha value is -2.36. The number of hydrogen-bond donors (Lipinski definition) is 1. The van der Waals surface area contributed by atoms with E-state index in [1.165, 1.54) is 29.2 Å². The molecule has 2 heterocycles. The van der Waals surface area contributed by atoms with Crippen LogP contribution in [0.1, 0.15) is 42.1 Å². The molecule has 34 heavy (non-hydrogen) atoms. The van der Waals surface area contributed by atoms with E-state index < -0.39 is 0 Å². The number of nitrogens with zero attached hydrogens (tertiary/aromatic N) is 3. The van der Waals surface area contributed by atoms with Crippen LogP contribution in [0.2, 0.25) is 5.02 Å². The van der Waals surface area contributed by atoms with Crippen LogP contribution in [0.5, 0.6) is 0 Å². The molecule has 1 N–H and O–H groups in total. The lowest BCUT2D eigenvalue weighted by molar-refractivity contribution is -0.127. The first kappa shape index (κ1) is 24.8. The normalized spacial score (nSPS) is 18.4. The van der Waals surface area contributed by atoms with Crippen molar-refractivity contribution in [2.24, 2.45) is 5.92 Å². The summed E-state index contributed by atoms with van der Waals surface area (Å²) in [6, 6.07) is 3.54. The molecule has 3 amide bonds. The number of halogens is 1. The number of carbonyl (C=O) groups is 3. The predicted molar refractivity (Wildman–Crippen MR) is 136 cm³/mol. The smallest absolute Gasteiger partial charge is 0.254 e. The summed E-state index contributed by atoms with van der Waals surface area (Å²) in [5.41, 5.74) is 1.39. The fraction of sp³-hybridized carbons (Fsp3) is 0.417. The molecule has 180 valence electrons. The Morgan fingerprint density at radius 2 is 2.06 bits per heavy atom. The van der Waals surface area contributed by atoms with Crippen LogP contribution in [0.15, 0.2) is 40.1 Å². The maximum absolute atomic E-state index is 13.5. The Labute approximate surface area is 212 Å². The molecule has 1 unspecified atom stereocenters. The molecule has 0 bridgehead atoms. The maximum atomic E-state index is 13.5. The number of carbonyl (C=O) groups excluding carboxylic acids is 3. The van der Waals surface area contributed by atoms with Crippen LogP contribution >= 0.6 is 34.7 Å². The van der Waals surface area contributed by atoms with Crippen LogP contribution in [-0.4, -0.2) is 58.2 Å². The third kappa shape index (κ3) is 5.64. The number of amides is 3. The molecule has 1 aliphatic carbocycles. The summed E-state index contributed by atoms with van der Waals surface area (Å²) >= 11 is 9.33. The van der Waals surface area contributed by atoms with Gasteiger partial charge in [0.2, 0.25) is 11.8 Å². The lowest BCUT2D eigenvalue weighted by Crippen LogP contribution is -2.43. The van der Waals surface area contributed by atoms with Crippen molar-refractivity contribution in [1.29, 1.82) is 0 Å². The number of benzene rings is 1. The number of anilines is 1.